The highest BCUT2D eigenvalue weighted by Crippen LogP contribution is 2.37. The van der Waals surface area contributed by atoms with Gasteiger partial charge in [0.2, 0.25) is 0 Å². The Labute approximate surface area is 231 Å². The van der Waals surface area contributed by atoms with Crippen LogP contribution in [-0.4, -0.2) is 49.9 Å². The first kappa shape index (κ1) is 27.4. The zero-order chi connectivity index (χ0) is 28.1. The predicted octanol–water partition coefficient (Wildman–Crippen LogP) is 6.42. The van der Waals surface area contributed by atoms with Crippen molar-refractivity contribution >= 4 is 11.8 Å². The van der Waals surface area contributed by atoms with E-state index in [1.165, 1.54) is 25.4 Å². The Morgan fingerprint density at radius 1 is 1.10 bits per heavy atom. The van der Waals surface area contributed by atoms with Crippen LogP contribution in [0.5, 0.6) is 0 Å². The van der Waals surface area contributed by atoms with E-state index < -0.39 is 17.8 Å². The third-order valence-electron chi connectivity index (χ3n) is 7.36. The third kappa shape index (κ3) is 6.34. The third-order valence-corrected chi connectivity index (χ3v) is 7.36. The van der Waals surface area contributed by atoms with Crippen molar-refractivity contribution in [1.82, 2.24) is 24.8 Å². The number of hydrogen-bond donors (Lipinski definition) is 2. The van der Waals surface area contributed by atoms with Crippen LogP contribution in [-0.2, 0) is 12.7 Å². The lowest BCUT2D eigenvalue weighted by molar-refractivity contribution is -0.138. The first-order valence-electron chi connectivity index (χ1n) is 13.2. The van der Waals surface area contributed by atoms with Crippen molar-refractivity contribution in [3.8, 4) is 0 Å². The van der Waals surface area contributed by atoms with Crippen molar-refractivity contribution in [1.29, 1.82) is 0 Å². The van der Waals surface area contributed by atoms with Crippen molar-refractivity contribution in [2.75, 3.05) is 18.4 Å². The molecular weight excluding hydrogens is 517 g/mol. The van der Waals surface area contributed by atoms with E-state index in [0.717, 1.165) is 11.3 Å². The van der Waals surface area contributed by atoms with E-state index in [-0.39, 0.29) is 17.6 Å². The minimum atomic E-state index is -4.44. The van der Waals surface area contributed by atoms with Crippen LogP contribution >= 0.6 is 0 Å². The number of carbonyl (C=O) groups excluding carboxylic acids is 1. The number of aryl methyl sites for hydroxylation is 1. The van der Waals surface area contributed by atoms with Gasteiger partial charge in [-0.05, 0) is 54.7 Å². The highest BCUT2D eigenvalue weighted by Gasteiger charge is 2.36. The number of urea groups is 1. The minimum Gasteiger partial charge on any atom is -0.347 e. The first-order valence-corrected chi connectivity index (χ1v) is 13.2. The highest BCUT2D eigenvalue weighted by atomic mass is 19.4. The number of rotatable bonds is 7. The first-order chi connectivity index (χ1) is 19.3. The maximum Gasteiger partial charge on any atom is 0.416 e. The summed E-state index contributed by atoms with van der Waals surface area (Å²) < 4.78 is 41.2. The number of benzene rings is 2. The average Bonchev–Trinajstić information content (AvgIpc) is 3.48. The van der Waals surface area contributed by atoms with Gasteiger partial charge in [-0.3, -0.25) is 10.2 Å². The molecule has 40 heavy (non-hydrogen) atoms. The smallest absolute Gasteiger partial charge is 0.347 e. The summed E-state index contributed by atoms with van der Waals surface area (Å²) in [6.07, 6.45) is 1.70. The zero-order valence-electron chi connectivity index (χ0n) is 22.1. The number of carbonyl (C=O) groups is 1. The maximum absolute atomic E-state index is 13.7. The van der Waals surface area contributed by atoms with E-state index in [2.05, 4.69) is 25.2 Å². The molecule has 0 spiro atoms. The number of aromatic nitrogens is 3. The van der Waals surface area contributed by atoms with Crippen LogP contribution in [0.15, 0.2) is 85.5 Å². The zero-order valence-corrected chi connectivity index (χ0v) is 22.1. The highest BCUT2D eigenvalue weighted by molar-refractivity contribution is 5.88. The Morgan fingerprint density at radius 2 is 1.85 bits per heavy atom. The van der Waals surface area contributed by atoms with Gasteiger partial charge >= 0.3 is 12.2 Å². The Balaban J connectivity index is 1.37. The summed E-state index contributed by atoms with van der Waals surface area (Å²) in [6, 6.07) is 18.9. The van der Waals surface area contributed by atoms with Crippen LogP contribution in [0.2, 0.25) is 0 Å². The summed E-state index contributed by atoms with van der Waals surface area (Å²) >= 11 is 0. The van der Waals surface area contributed by atoms with E-state index >= 15 is 0 Å². The van der Waals surface area contributed by atoms with E-state index in [1.807, 2.05) is 41.3 Å². The number of nitrogens with one attached hydrogen (secondary N) is 2. The van der Waals surface area contributed by atoms with Crippen LogP contribution in [0.1, 0.15) is 46.8 Å². The molecule has 1 fully saturated rings. The number of pyridine rings is 1. The SMILES string of the molecule is Cc1ccc(C(c2cnc[nH]2)N2CCC(N(Cc3ccccc3)C(=O)Nc3ccccn3)CC2)cc1C(F)(F)F. The van der Waals surface area contributed by atoms with E-state index in [0.29, 0.717) is 43.9 Å². The van der Waals surface area contributed by atoms with Crippen molar-refractivity contribution < 1.29 is 18.0 Å². The Morgan fingerprint density at radius 3 is 2.50 bits per heavy atom. The van der Waals surface area contributed by atoms with Crippen LogP contribution in [0.4, 0.5) is 23.8 Å². The number of likely N-dealkylation sites (tertiary alicyclic amines) is 1. The summed E-state index contributed by atoms with van der Waals surface area (Å²) in [7, 11) is 0. The van der Waals surface area contributed by atoms with Gasteiger partial charge in [0.1, 0.15) is 5.82 Å². The number of H-pyrrole nitrogens is 1. The van der Waals surface area contributed by atoms with Gasteiger partial charge < -0.3 is 9.88 Å². The molecule has 2 N–H and O–H groups in total. The lowest BCUT2D eigenvalue weighted by atomic mass is 9.94. The van der Waals surface area contributed by atoms with E-state index in [4.69, 9.17) is 0 Å². The topological polar surface area (TPSA) is 77.2 Å². The predicted molar refractivity (Wildman–Crippen MR) is 146 cm³/mol. The fraction of sp³-hybridized carbons (Fsp3) is 0.300. The molecule has 3 heterocycles. The molecule has 0 bridgehead atoms. The fourth-order valence-corrected chi connectivity index (χ4v) is 5.34. The molecule has 7 nitrogen and oxygen atoms in total. The number of nitrogens with zero attached hydrogens (tertiary/aromatic N) is 4. The summed E-state index contributed by atoms with van der Waals surface area (Å²) in [5.41, 5.74) is 1.84. The van der Waals surface area contributed by atoms with E-state index in [9.17, 15) is 18.0 Å². The molecule has 2 aromatic carbocycles. The van der Waals surface area contributed by atoms with Gasteiger partial charge in [0.05, 0.1) is 23.6 Å². The molecule has 5 rings (SSSR count). The Kier molecular flexibility index (Phi) is 8.16. The number of piperidine rings is 1. The van der Waals surface area contributed by atoms with Crippen molar-refractivity contribution in [3.05, 3.63) is 113 Å². The second-order valence-corrected chi connectivity index (χ2v) is 10.0. The Bertz CT molecular complexity index is 1390. The van der Waals surface area contributed by atoms with Crippen LogP contribution < -0.4 is 5.32 Å². The Hall–Kier alpha value is -4.18. The molecule has 1 atom stereocenters. The quantitative estimate of drug-likeness (QED) is 0.279. The molecule has 0 saturated carbocycles. The number of hydrogen-bond acceptors (Lipinski definition) is 4. The van der Waals surface area contributed by atoms with Gasteiger partial charge in [-0.2, -0.15) is 13.2 Å². The maximum atomic E-state index is 13.7. The van der Waals surface area contributed by atoms with Crippen LogP contribution in [0.25, 0.3) is 0 Å². The molecule has 1 aliphatic heterocycles. The lowest BCUT2D eigenvalue weighted by Crippen LogP contribution is -2.49. The summed E-state index contributed by atoms with van der Waals surface area (Å²) in [4.78, 5) is 28.9. The van der Waals surface area contributed by atoms with Crippen LogP contribution in [0.3, 0.4) is 0 Å². The van der Waals surface area contributed by atoms with E-state index in [1.54, 1.807) is 30.6 Å². The lowest BCUT2D eigenvalue weighted by Gasteiger charge is -2.41. The normalized spacial score (nSPS) is 15.5. The van der Waals surface area contributed by atoms with Gasteiger partial charge in [0.15, 0.2) is 0 Å². The minimum absolute atomic E-state index is 0.0636. The van der Waals surface area contributed by atoms with Crippen molar-refractivity contribution in [2.24, 2.45) is 0 Å². The average molecular weight is 549 g/mol. The van der Waals surface area contributed by atoms with Crippen LogP contribution in [0, 0.1) is 6.92 Å². The fourth-order valence-electron chi connectivity index (χ4n) is 5.34. The molecule has 10 heteroatoms. The molecule has 208 valence electrons. The molecule has 0 radical (unpaired) electrons. The van der Waals surface area contributed by atoms with Crippen molar-refractivity contribution in [3.63, 3.8) is 0 Å². The molecule has 1 aliphatic rings. The largest absolute Gasteiger partial charge is 0.416 e. The molecule has 0 aliphatic carbocycles. The monoisotopic (exact) mass is 548 g/mol. The molecule has 1 saturated heterocycles. The number of alkyl halides is 3. The number of halogens is 3. The summed E-state index contributed by atoms with van der Waals surface area (Å²) in [5.74, 6) is 0.474. The summed E-state index contributed by atoms with van der Waals surface area (Å²) in [6.45, 7) is 3.08. The van der Waals surface area contributed by atoms with Gasteiger partial charge in [-0.1, -0.05) is 48.5 Å². The molecule has 2 aromatic heterocycles. The summed E-state index contributed by atoms with van der Waals surface area (Å²) in [5, 5.41) is 2.91. The number of anilines is 1. The molecule has 1 unspecified atom stereocenters. The second kappa shape index (κ2) is 11.9. The standard InChI is InChI=1S/C30H31F3N6O/c1-21-10-11-23(17-25(21)30(31,32)33)28(26-18-34-20-36-26)38-15-12-24(13-16-38)39(19-22-7-3-2-4-8-22)29(40)37-27-9-5-6-14-35-27/h2-11,14,17-18,20,24,28H,12-13,15-16,19H2,1H3,(H,34,36)(H,35,37,40). The number of imidazole rings is 1. The number of amides is 2. The molecule has 2 amide bonds. The van der Waals surface area contributed by atoms with Crippen molar-refractivity contribution in [2.45, 2.75) is 44.6 Å². The van der Waals surface area contributed by atoms with Gasteiger partial charge in [-0.15, -0.1) is 0 Å². The second-order valence-electron chi connectivity index (χ2n) is 10.0. The van der Waals surface area contributed by atoms with Gasteiger partial charge in [-0.25, -0.2) is 14.8 Å². The van der Waals surface area contributed by atoms with Gasteiger partial charge in [0.25, 0.3) is 0 Å². The molecular formula is C30H31F3N6O. The number of aromatic amines is 1. The van der Waals surface area contributed by atoms with Gasteiger partial charge in [0, 0.05) is 38.1 Å². The molecule has 4 aromatic rings.